The molecule has 17 heavy (non-hydrogen) atoms. The molecule has 1 rings (SSSR count). The van der Waals surface area contributed by atoms with Crippen molar-refractivity contribution in [3.05, 3.63) is 0 Å². The first-order valence-electron chi connectivity index (χ1n) is 6.29. The van der Waals surface area contributed by atoms with Gasteiger partial charge in [0.05, 0.1) is 19.3 Å². The zero-order valence-electron chi connectivity index (χ0n) is 10.9. The maximum Gasteiger partial charge on any atom is 0.236 e. The number of nitrogens with zero attached hydrogens (tertiary/aromatic N) is 1. The van der Waals surface area contributed by atoms with Crippen LogP contribution in [0.4, 0.5) is 0 Å². The zero-order chi connectivity index (χ0) is 12.5. The van der Waals surface area contributed by atoms with E-state index in [1.807, 2.05) is 7.05 Å². The summed E-state index contributed by atoms with van der Waals surface area (Å²) in [7, 11) is 3.48. The quantitative estimate of drug-likeness (QED) is 0.652. The lowest BCUT2D eigenvalue weighted by Crippen LogP contribution is -2.41. The molecule has 1 saturated heterocycles. The number of hydrogen-bond acceptors (Lipinski definition) is 4. The van der Waals surface area contributed by atoms with Crippen molar-refractivity contribution in [2.75, 3.05) is 47.0 Å². The van der Waals surface area contributed by atoms with Gasteiger partial charge in [-0.3, -0.25) is 4.79 Å². The Balaban J connectivity index is 2.12. The van der Waals surface area contributed by atoms with Gasteiger partial charge in [0.15, 0.2) is 0 Å². The fourth-order valence-corrected chi connectivity index (χ4v) is 1.86. The van der Waals surface area contributed by atoms with E-state index in [1.165, 1.54) is 6.42 Å². The second-order valence-corrected chi connectivity index (χ2v) is 4.43. The summed E-state index contributed by atoms with van der Waals surface area (Å²) in [5.74, 6) is 0.107. The normalized spacial score (nSPS) is 20.2. The first kappa shape index (κ1) is 14.4. The van der Waals surface area contributed by atoms with Crippen molar-refractivity contribution in [3.63, 3.8) is 0 Å². The van der Waals surface area contributed by atoms with Gasteiger partial charge < -0.3 is 19.7 Å². The Labute approximate surface area is 103 Å². The predicted molar refractivity (Wildman–Crippen MR) is 66.0 cm³/mol. The van der Waals surface area contributed by atoms with Crippen LogP contribution in [-0.2, 0) is 14.3 Å². The molecular formula is C12H24N2O3. The van der Waals surface area contributed by atoms with E-state index in [0.29, 0.717) is 26.2 Å². The highest BCUT2D eigenvalue weighted by Gasteiger charge is 2.18. The van der Waals surface area contributed by atoms with Crippen LogP contribution in [-0.4, -0.2) is 63.9 Å². The molecule has 1 aliphatic rings. The zero-order valence-corrected chi connectivity index (χ0v) is 10.9. The van der Waals surface area contributed by atoms with Crippen molar-refractivity contribution in [1.29, 1.82) is 0 Å². The van der Waals surface area contributed by atoms with Crippen molar-refractivity contribution in [2.24, 2.45) is 0 Å². The van der Waals surface area contributed by atoms with Gasteiger partial charge in [-0.1, -0.05) is 0 Å². The number of carbonyl (C=O) groups is 1. The fourth-order valence-electron chi connectivity index (χ4n) is 1.86. The van der Waals surface area contributed by atoms with Crippen molar-refractivity contribution >= 4 is 5.91 Å². The summed E-state index contributed by atoms with van der Waals surface area (Å²) in [5, 5.41) is 3.05. The molecule has 0 aromatic rings. The molecule has 0 saturated carbocycles. The van der Waals surface area contributed by atoms with Gasteiger partial charge in [0, 0.05) is 33.9 Å². The minimum Gasteiger partial charge on any atom is -0.383 e. The first-order chi connectivity index (χ1) is 8.24. The van der Waals surface area contributed by atoms with E-state index in [9.17, 15) is 4.79 Å². The Morgan fingerprint density at radius 2 is 2.35 bits per heavy atom. The molecule has 1 N–H and O–H groups in total. The summed E-state index contributed by atoms with van der Waals surface area (Å²) in [6.45, 7) is 3.23. The summed E-state index contributed by atoms with van der Waals surface area (Å²) in [5.41, 5.74) is 0. The number of ether oxygens (including phenoxy) is 2. The molecule has 0 aromatic carbocycles. The second-order valence-electron chi connectivity index (χ2n) is 4.43. The molecule has 0 spiro atoms. The third-order valence-electron chi connectivity index (χ3n) is 2.94. The summed E-state index contributed by atoms with van der Waals surface area (Å²) < 4.78 is 10.5. The van der Waals surface area contributed by atoms with E-state index in [1.54, 1.807) is 12.0 Å². The van der Waals surface area contributed by atoms with Crippen LogP contribution < -0.4 is 5.32 Å². The molecule has 1 amide bonds. The largest absolute Gasteiger partial charge is 0.383 e. The van der Waals surface area contributed by atoms with Crippen molar-refractivity contribution in [2.45, 2.75) is 25.4 Å². The Bertz CT molecular complexity index is 218. The van der Waals surface area contributed by atoms with Gasteiger partial charge >= 0.3 is 0 Å². The summed E-state index contributed by atoms with van der Waals surface area (Å²) in [4.78, 5) is 13.5. The van der Waals surface area contributed by atoms with Crippen molar-refractivity contribution in [1.82, 2.24) is 10.2 Å². The molecule has 1 unspecified atom stereocenters. The van der Waals surface area contributed by atoms with Crippen LogP contribution >= 0.6 is 0 Å². The van der Waals surface area contributed by atoms with E-state index < -0.39 is 0 Å². The van der Waals surface area contributed by atoms with Crippen LogP contribution in [0.2, 0.25) is 0 Å². The number of carbonyl (C=O) groups excluding carboxylic acids is 1. The molecule has 0 bridgehead atoms. The van der Waals surface area contributed by atoms with Crippen LogP contribution in [0.25, 0.3) is 0 Å². The van der Waals surface area contributed by atoms with Gasteiger partial charge in [-0.2, -0.15) is 0 Å². The Morgan fingerprint density at radius 3 is 3.00 bits per heavy atom. The van der Waals surface area contributed by atoms with E-state index in [4.69, 9.17) is 9.47 Å². The van der Waals surface area contributed by atoms with Gasteiger partial charge in [-0.05, 0) is 19.3 Å². The van der Waals surface area contributed by atoms with Crippen molar-refractivity contribution < 1.29 is 14.3 Å². The van der Waals surface area contributed by atoms with Crippen LogP contribution in [0.1, 0.15) is 19.3 Å². The molecule has 0 aromatic heterocycles. The number of likely N-dealkylation sites (N-methyl/N-ethyl adjacent to an activating group) is 1. The highest BCUT2D eigenvalue weighted by Crippen LogP contribution is 2.13. The van der Waals surface area contributed by atoms with E-state index in [2.05, 4.69) is 5.32 Å². The molecular weight excluding hydrogens is 220 g/mol. The molecule has 1 fully saturated rings. The lowest BCUT2D eigenvalue weighted by molar-refractivity contribution is -0.131. The summed E-state index contributed by atoms with van der Waals surface area (Å²) in [6.07, 6.45) is 3.64. The lowest BCUT2D eigenvalue weighted by atomic mass is 10.1. The number of rotatable bonds is 7. The van der Waals surface area contributed by atoms with E-state index in [-0.39, 0.29) is 12.0 Å². The van der Waals surface area contributed by atoms with Crippen LogP contribution in [0.3, 0.4) is 0 Å². The van der Waals surface area contributed by atoms with Crippen LogP contribution in [0.5, 0.6) is 0 Å². The van der Waals surface area contributed by atoms with Gasteiger partial charge in [0.2, 0.25) is 5.91 Å². The van der Waals surface area contributed by atoms with Gasteiger partial charge in [-0.25, -0.2) is 0 Å². The molecule has 1 atom stereocenters. The Morgan fingerprint density at radius 1 is 1.53 bits per heavy atom. The smallest absolute Gasteiger partial charge is 0.236 e. The Kier molecular flexibility index (Phi) is 7.16. The highest BCUT2D eigenvalue weighted by atomic mass is 16.5. The van der Waals surface area contributed by atoms with Crippen molar-refractivity contribution in [3.8, 4) is 0 Å². The lowest BCUT2D eigenvalue weighted by Gasteiger charge is -2.27. The maximum atomic E-state index is 11.7. The number of amides is 1. The third kappa shape index (κ3) is 6.00. The first-order valence-corrected chi connectivity index (χ1v) is 6.29. The summed E-state index contributed by atoms with van der Waals surface area (Å²) >= 11 is 0. The Hall–Kier alpha value is -0.650. The molecule has 5 heteroatoms. The van der Waals surface area contributed by atoms with Crippen LogP contribution in [0, 0.1) is 0 Å². The SMILES string of the molecule is COCCNCC(=O)N(C)CC1CCCCO1. The monoisotopic (exact) mass is 244 g/mol. The molecule has 1 aliphatic heterocycles. The third-order valence-corrected chi connectivity index (χ3v) is 2.94. The number of hydrogen-bond donors (Lipinski definition) is 1. The summed E-state index contributed by atoms with van der Waals surface area (Å²) in [6, 6.07) is 0. The highest BCUT2D eigenvalue weighted by molar-refractivity contribution is 5.77. The van der Waals surface area contributed by atoms with Gasteiger partial charge in [0.25, 0.3) is 0 Å². The number of nitrogens with one attached hydrogen (secondary N) is 1. The predicted octanol–water partition coefficient (Wildman–Crippen LogP) is 0.250. The van der Waals surface area contributed by atoms with E-state index in [0.717, 1.165) is 19.4 Å². The molecule has 1 heterocycles. The molecule has 0 aliphatic carbocycles. The second kappa shape index (κ2) is 8.44. The van der Waals surface area contributed by atoms with Crippen LogP contribution in [0.15, 0.2) is 0 Å². The molecule has 0 radical (unpaired) electrons. The average molecular weight is 244 g/mol. The molecule has 5 nitrogen and oxygen atoms in total. The van der Waals surface area contributed by atoms with E-state index >= 15 is 0 Å². The molecule has 100 valence electrons. The van der Waals surface area contributed by atoms with Gasteiger partial charge in [-0.15, -0.1) is 0 Å². The fraction of sp³-hybridized carbons (Fsp3) is 0.917. The minimum absolute atomic E-state index is 0.107. The number of methoxy groups -OCH3 is 1. The standard InChI is InChI=1S/C12H24N2O3/c1-14(10-11-5-3-4-7-17-11)12(15)9-13-6-8-16-2/h11,13H,3-10H2,1-2H3. The topological polar surface area (TPSA) is 50.8 Å². The maximum absolute atomic E-state index is 11.7. The minimum atomic E-state index is 0.107. The average Bonchev–Trinajstić information content (AvgIpc) is 2.35. The van der Waals surface area contributed by atoms with Gasteiger partial charge in [0.1, 0.15) is 0 Å².